The van der Waals surface area contributed by atoms with Crippen molar-refractivity contribution in [2.24, 2.45) is 0 Å². The third-order valence-corrected chi connectivity index (χ3v) is 4.92. The topological polar surface area (TPSA) is 58.2 Å². The number of nitrogens with zero attached hydrogens (tertiary/aromatic N) is 2. The maximum absolute atomic E-state index is 12.7. The van der Waals surface area contributed by atoms with Gasteiger partial charge in [0.05, 0.1) is 11.6 Å². The summed E-state index contributed by atoms with van der Waals surface area (Å²) in [6, 6.07) is 5.98. The fraction of sp³-hybridized carbons (Fsp3) is 0.375. The molecule has 1 amide bonds. The zero-order valence-electron chi connectivity index (χ0n) is 12.6. The molecule has 0 spiro atoms. The van der Waals surface area contributed by atoms with E-state index in [0.29, 0.717) is 18.8 Å². The molecule has 0 fully saturated rings. The van der Waals surface area contributed by atoms with E-state index < -0.39 is 0 Å². The van der Waals surface area contributed by atoms with Crippen LogP contribution in [-0.2, 0) is 19.4 Å². The first-order valence-electron chi connectivity index (χ1n) is 7.32. The van der Waals surface area contributed by atoms with Gasteiger partial charge in [-0.2, -0.15) is 5.10 Å². The van der Waals surface area contributed by atoms with Crippen LogP contribution in [-0.4, -0.2) is 34.7 Å². The van der Waals surface area contributed by atoms with E-state index in [9.17, 15) is 4.79 Å². The Morgan fingerprint density at radius 1 is 1.50 bits per heavy atom. The van der Waals surface area contributed by atoms with E-state index in [4.69, 9.17) is 4.74 Å². The van der Waals surface area contributed by atoms with Crippen LogP contribution in [0.5, 0.6) is 5.75 Å². The molecule has 3 rings (SSSR count). The molecule has 22 heavy (non-hydrogen) atoms. The van der Waals surface area contributed by atoms with Crippen molar-refractivity contribution >= 4 is 21.8 Å². The summed E-state index contributed by atoms with van der Waals surface area (Å²) in [5.74, 6) is 0.857. The second-order valence-electron chi connectivity index (χ2n) is 5.29. The summed E-state index contributed by atoms with van der Waals surface area (Å²) in [5.41, 5.74) is 3.75. The lowest BCUT2D eigenvalue weighted by atomic mass is 9.98. The Labute approximate surface area is 137 Å². The molecule has 0 atom stereocenters. The number of nitrogens with one attached hydrogen (secondary N) is 1. The van der Waals surface area contributed by atoms with Crippen LogP contribution in [0, 0.1) is 0 Å². The van der Waals surface area contributed by atoms with Gasteiger partial charge in [-0.3, -0.25) is 9.89 Å². The van der Waals surface area contributed by atoms with Gasteiger partial charge in [-0.25, -0.2) is 0 Å². The van der Waals surface area contributed by atoms with Crippen molar-refractivity contribution in [3.05, 3.63) is 45.2 Å². The van der Waals surface area contributed by atoms with Crippen LogP contribution in [0.4, 0.5) is 0 Å². The fourth-order valence-electron chi connectivity index (χ4n) is 2.83. The maximum Gasteiger partial charge on any atom is 0.275 e. The van der Waals surface area contributed by atoms with E-state index in [1.807, 2.05) is 30.0 Å². The number of fused-ring (bicyclic) bond motifs is 1. The van der Waals surface area contributed by atoms with Gasteiger partial charge < -0.3 is 9.64 Å². The Morgan fingerprint density at radius 2 is 2.32 bits per heavy atom. The number of aromatic amines is 1. The Balaban J connectivity index is 1.85. The molecule has 1 N–H and O–H groups in total. The molecule has 5 nitrogen and oxygen atoms in total. The fourth-order valence-corrected chi connectivity index (χ4v) is 3.46. The third kappa shape index (κ3) is 2.52. The highest BCUT2D eigenvalue weighted by molar-refractivity contribution is 9.10. The Kier molecular flexibility index (Phi) is 4.20. The minimum Gasteiger partial charge on any atom is -0.496 e. The molecule has 2 aromatic rings. The lowest BCUT2D eigenvalue weighted by molar-refractivity contribution is 0.0727. The summed E-state index contributed by atoms with van der Waals surface area (Å²) < 4.78 is 6.18. The van der Waals surface area contributed by atoms with Gasteiger partial charge in [0.2, 0.25) is 0 Å². The first kappa shape index (κ1) is 15.1. The number of H-pyrrole nitrogens is 1. The average Bonchev–Trinajstić information content (AvgIpc) is 2.93. The molecular formula is C16H18BrN3O2. The third-order valence-electron chi connectivity index (χ3n) is 4.06. The largest absolute Gasteiger partial charge is 0.496 e. The van der Waals surface area contributed by atoms with Crippen molar-refractivity contribution in [2.45, 2.75) is 26.3 Å². The van der Waals surface area contributed by atoms with Gasteiger partial charge in [0, 0.05) is 24.3 Å². The van der Waals surface area contributed by atoms with Gasteiger partial charge in [0.1, 0.15) is 5.75 Å². The van der Waals surface area contributed by atoms with E-state index in [1.54, 1.807) is 7.11 Å². The molecule has 0 saturated carbocycles. The molecule has 1 aromatic heterocycles. The van der Waals surface area contributed by atoms with Crippen molar-refractivity contribution in [3.8, 4) is 5.75 Å². The molecule has 0 radical (unpaired) electrons. The highest BCUT2D eigenvalue weighted by Gasteiger charge is 2.27. The zero-order chi connectivity index (χ0) is 15.7. The van der Waals surface area contributed by atoms with E-state index in [1.165, 1.54) is 5.56 Å². The molecule has 1 aliphatic rings. The van der Waals surface area contributed by atoms with E-state index in [0.717, 1.165) is 34.3 Å². The van der Waals surface area contributed by atoms with Gasteiger partial charge >= 0.3 is 0 Å². The molecular weight excluding hydrogens is 346 g/mol. The van der Waals surface area contributed by atoms with Crippen LogP contribution in [0.3, 0.4) is 0 Å². The summed E-state index contributed by atoms with van der Waals surface area (Å²) in [7, 11) is 1.68. The standard InChI is InChI=1S/C16H18BrN3O2/c1-3-12-14(17)15(19-18-12)16(21)20-8-7-11-10(9-20)5-4-6-13(11)22-2/h4-6H,3,7-9H2,1-2H3,(H,18,19). The van der Waals surface area contributed by atoms with Gasteiger partial charge in [0.25, 0.3) is 5.91 Å². The van der Waals surface area contributed by atoms with Crippen molar-refractivity contribution < 1.29 is 9.53 Å². The highest BCUT2D eigenvalue weighted by Crippen LogP contribution is 2.29. The van der Waals surface area contributed by atoms with Gasteiger partial charge in [-0.05, 0) is 40.4 Å². The first-order valence-corrected chi connectivity index (χ1v) is 8.11. The van der Waals surface area contributed by atoms with E-state index in [2.05, 4.69) is 26.1 Å². The van der Waals surface area contributed by atoms with Crippen LogP contribution in [0.2, 0.25) is 0 Å². The molecule has 1 aromatic carbocycles. The highest BCUT2D eigenvalue weighted by atomic mass is 79.9. The number of aryl methyl sites for hydroxylation is 1. The number of methoxy groups -OCH3 is 1. The monoisotopic (exact) mass is 363 g/mol. The SMILES string of the molecule is CCc1[nH]nc(C(=O)N2CCc3c(cccc3OC)C2)c1Br. The minimum absolute atomic E-state index is 0.0451. The van der Waals surface area contributed by atoms with E-state index in [-0.39, 0.29) is 5.91 Å². The number of amides is 1. The van der Waals surface area contributed by atoms with Crippen molar-refractivity contribution in [2.75, 3.05) is 13.7 Å². The number of benzene rings is 1. The predicted octanol–water partition coefficient (Wildman–Crippen LogP) is 2.94. The Morgan fingerprint density at radius 3 is 3.00 bits per heavy atom. The van der Waals surface area contributed by atoms with Crippen LogP contribution in [0.25, 0.3) is 0 Å². The Bertz CT molecular complexity index is 711. The van der Waals surface area contributed by atoms with Crippen LogP contribution < -0.4 is 4.74 Å². The number of carbonyl (C=O) groups is 1. The number of hydrogen-bond acceptors (Lipinski definition) is 3. The molecule has 1 aliphatic heterocycles. The summed E-state index contributed by atoms with van der Waals surface area (Å²) in [6.07, 6.45) is 1.61. The number of hydrogen-bond donors (Lipinski definition) is 1. The van der Waals surface area contributed by atoms with Crippen LogP contribution in [0.1, 0.15) is 34.2 Å². The zero-order valence-corrected chi connectivity index (χ0v) is 14.2. The smallest absolute Gasteiger partial charge is 0.275 e. The quantitative estimate of drug-likeness (QED) is 0.911. The maximum atomic E-state index is 12.7. The predicted molar refractivity (Wildman–Crippen MR) is 87.1 cm³/mol. The lowest BCUT2D eigenvalue weighted by Gasteiger charge is -2.29. The van der Waals surface area contributed by atoms with Crippen LogP contribution >= 0.6 is 15.9 Å². The molecule has 0 saturated heterocycles. The second-order valence-corrected chi connectivity index (χ2v) is 6.09. The van der Waals surface area contributed by atoms with Crippen LogP contribution in [0.15, 0.2) is 22.7 Å². The van der Waals surface area contributed by atoms with Crippen molar-refractivity contribution in [3.63, 3.8) is 0 Å². The second kappa shape index (κ2) is 6.12. The summed E-state index contributed by atoms with van der Waals surface area (Å²) >= 11 is 3.47. The number of aromatic nitrogens is 2. The molecule has 0 aliphatic carbocycles. The van der Waals surface area contributed by atoms with Gasteiger partial charge in [-0.15, -0.1) is 0 Å². The number of halogens is 1. The molecule has 2 heterocycles. The summed E-state index contributed by atoms with van der Waals surface area (Å²) in [6.45, 7) is 3.29. The summed E-state index contributed by atoms with van der Waals surface area (Å²) in [5, 5.41) is 7.08. The van der Waals surface area contributed by atoms with E-state index >= 15 is 0 Å². The van der Waals surface area contributed by atoms with Gasteiger partial charge in [0.15, 0.2) is 5.69 Å². The van der Waals surface area contributed by atoms with Crippen molar-refractivity contribution in [1.29, 1.82) is 0 Å². The summed E-state index contributed by atoms with van der Waals surface area (Å²) in [4.78, 5) is 14.5. The molecule has 0 bridgehead atoms. The number of rotatable bonds is 3. The van der Waals surface area contributed by atoms with Crippen molar-refractivity contribution in [1.82, 2.24) is 15.1 Å². The molecule has 6 heteroatoms. The first-order chi connectivity index (χ1) is 10.7. The average molecular weight is 364 g/mol. The number of carbonyl (C=O) groups excluding carboxylic acids is 1. The lowest BCUT2D eigenvalue weighted by Crippen LogP contribution is -2.36. The van der Waals surface area contributed by atoms with Gasteiger partial charge in [-0.1, -0.05) is 19.1 Å². The molecule has 116 valence electrons. The Hall–Kier alpha value is -1.82. The molecule has 0 unspecified atom stereocenters. The minimum atomic E-state index is -0.0451. The number of ether oxygens (including phenoxy) is 1. The normalized spacial score (nSPS) is 13.9.